The molecule has 0 spiro atoms. The molecule has 1 aliphatic rings. The molecular weight excluding hydrogens is 136 g/mol. The van der Waals surface area contributed by atoms with Crippen LogP contribution in [0.15, 0.2) is 0 Å². The quantitative estimate of drug-likeness (QED) is 0.596. The molecule has 1 radical (unpaired) electrons. The van der Waals surface area contributed by atoms with Crippen LogP contribution in [0.5, 0.6) is 0 Å². The Morgan fingerprint density at radius 3 is 2.36 bits per heavy atom. The van der Waals surface area contributed by atoms with Gasteiger partial charge in [-0.1, -0.05) is 13.8 Å². The van der Waals surface area contributed by atoms with Gasteiger partial charge in [0.15, 0.2) is 0 Å². The van der Waals surface area contributed by atoms with Crippen LogP contribution in [-0.4, -0.2) is 5.78 Å². The lowest BCUT2D eigenvalue weighted by Gasteiger charge is -2.21. The summed E-state index contributed by atoms with van der Waals surface area (Å²) >= 11 is 0. The molecular formula is C10H17O. The zero-order chi connectivity index (χ0) is 8.27. The molecule has 1 aliphatic carbocycles. The van der Waals surface area contributed by atoms with Gasteiger partial charge in [-0.2, -0.15) is 0 Å². The van der Waals surface area contributed by atoms with Gasteiger partial charge in [0.1, 0.15) is 5.78 Å². The predicted molar refractivity (Wildman–Crippen MR) is 46.2 cm³/mol. The molecule has 0 unspecified atom stereocenters. The number of ketones is 1. The van der Waals surface area contributed by atoms with E-state index in [2.05, 4.69) is 13.8 Å². The number of carbonyl (C=O) groups excluding carboxylic acids is 1. The standard InChI is InChI=1S/C10H17O/c1-8(2)7-9-3-5-10(11)6-4-9/h9H,3-7H2,1-2H3. The van der Waals surface area contributed by atoms with Crippen molar-refractivity contribution >= 4 is 5.78 Å². The van der Waals surface area contributed by atoms with Crippen LogP contribution in [0.3, 0.4) is 0 Å². The van der Waals surface area contributed by atoms with Gasteiger partial charge >= 0.3 is 0 Å². The van der Waals surface area contributed by atoms with Crippen LogP contribution in [0.25, 0.3) is 0 Å². The Balaban J connectivity index is 2.22. The third-order valence-corrected chi connectivity index (χ3v) is 2.36. The van der Waals surface area contributed by atoms with E-state index in [1.54, 1.807) is 0 Å². The summed E-state index contributed by atoms with van der Waals surface area (Å²) in [6.45, 7) is 4.35. The molecule has 0 saturated heterocycles. The minimum absolute atomic E-state index is 0.468. The number of Topliss-reactive ketones (excluding diaryl/α,β-unsaturated/α-hetero) is 1. The normalized spacial score (nSPS) is 21.2. The second kappa shape index (κ2) is 3.89. The first-order valence-corrected chi connectivity index (χ1v) is 4.49. The van der Waals surface area contributed by atoms with Crippen LogP contribution in [-0.2, 0) is 4.79 Å². The zero-order valence-corrected chi connectivity index (χ0v) is 7.52. The topological polar surface area (TPSA) is 17.1 Å². The van der Waals surface area contributed by atoms with Crippen molar-refractivity contribution < 1.29 is 4.79 Å². The molecule has 0 aromatic rings. The monoisotopic (exact) mass is 153 g/mol. The Kier molecular flexibility index (Phi) is 3.10. The van der Waals surface area contributed by atoms with Crippen LogP contribution in [0, 0.1) is 11.8 Å². The molecule has 11 heavy (non-hydrogen) atoms. The van der Waals surface area contributed by atoms with Gasteiger partial charge in [0, 0.05) is 12.8 Å². The summed E-state index contributed by atoms with van der Waals surface area (Å²) in [5, 5.41) is 0. The maximum Gasteiger partial charge on any atom is 0.132 e. The summed E-state index contributed by atoms with van der Waals surface area (Å²) in [6, 6.07) is 0. The van der Waals surface area contributed by atoms with Gasteiger partial charge in [-0.3, -0.25) is 4.79 Å². The lowest BCUT2D eigenvalue weighted by molar-refractivity contribution is -0.121. The summed E-state index contributed by atoms with van der Waals surface area (Å²) in [7, 11) is 0. The van der Waals surface area contributed by atoms with Gasteiger partial charge in [-0.05, 0) is 31.1 Å². The van der Waals surface area contributed by atoms with Crippen molar-refractivity contribution in [3.63, 3.8) is 0 Å². The maximum absolute atomic E-state index is 10.9. The lowest BCUT2D eigenvalue weighted by atomic mass is 9.83. The lowest BCUT2D eigenvalue weighted by Crippen LogP contribution is -2.14. The fourth-order valence-corrected chi connectivity index (χ4v) is 1.78. The Labute approximate surface area is 69.2 Å². The zero-order valence-electron chi connectivity index (χ0n) is 7.52. The fraction of sp³-hybridized carbons (Fsp3) is 0.800. The molecule has 0 aromatic heterocycles. The number of carbonyl (C=O) groups is 1. The predicted octanol–water partition coefficient (Wildman–Crippen LogP) is 2.75. The second-order valence-corrected chi connectivity index (χ2v) is 3.89. The SMILES string of the molecule is C[C](C)CC1CCC(=O)CC1. The summed E-state index contributed by atoms with van der Waals surface area (Å²) in [4.78, 5) is 10.9. The largest absolute Gasteiger partial charge is 0.300 e. The molecule has 0 aromatic carbocycles. The average molecular weight is 153 g/mol. The molecule has 1 rings (SSSR count). The Bertz CT molecular complexity index is 128. The highest BCUT2D eigenvalue weighted by Gasteiger charge is 2.18. The van der Waals surface area contributed by atoms with E-state index in [-0.39, 0.29) is 0 Å². The van der Waals surface area contributed by atoms with Gasteiger partial charge in [0.05, 0.1) is 0 Å². The maximum atomic E-state index is 10.9. The van der Waals surface area contributed by atoms with Gasteiger partial charge in [0.25, 0.3) is 0 Å². The van der Waals surface area contributed by atoms with Gasteiger partial charge in [-0.15, -0.1) is 0 Å². The van der Waals surface area contributed by atoms with E-state index in [0.29, 0.717) is 5.78 Å². The molecule has 0 bridgehead atoms. The van der Waals surface area contributed by atoms with Crippen molar-refractivity contribution in [3.8, 4) is 0 Å². The molecule has 0 atom stereocenters. The van der Waals surface area contributed by atoms with E-state index < -0.39 is 0 Å². The highest BCUT2D eigenvalue weighted by Crippen LogP contribution is 2.27. The number of hydrogen-bond donors (Lipinski definition) is 0. The van der Waals surface area contributed by atoms with Crippen molar-refractivity contribution in [1.82, 2.24) is 0 Å². The molecule has 1 heteroatoms. The summed E-state index contributed by atoms with van der Waals surface area (Å²) in [5.74, 6) is 2.78. The number of rotatable bonds is 2. The van der Waals surface area contributed by atoms with Crippen LogP contribution >= 0.6 is 0 Å². The number of hydrogen-bond acceptors (Lipinski definition) is 1. The van der Waals surface area contributed by atoms with E-state index in [4.69, 9.17) is 0 Å². The third kappa shape index (κ3) is 3.04. The van der Waals surface area contributed by atoms with Crippen LogP contribution < -0.4 is 0 Å². The van der Waals surface area contributed by atoms with Crippen molar-refractivity contribution in [1.29, 1.82) is 0 Å². The van der Waals surface area contributed by atoms with E-state index in [1.165, 1.54) is 12.3 Å². The Hall–Kier alpha value is -0.330. The van der Waals surface area contributed by atoms with Crippen molar-refractivity contribution in [2.45, 2.75) is 46.0 Å². The minimum Gasteiger partial charge on any atom is -0.300 e. The third-order valence-electron chi connectivity index (χ3n) is 2.36. The Morgan fingerprint density at radius 1 is 1.36 bits per heavy atom. The highest BCUT2D eigenvalue weighted by atomic mass is 16.1. The van der Waals surface area contributed by atoms with Crippen LogP contribution in [0.1, 0.15) is 46.0 Å². The smallest absolute Gasteiger partial charge is 0.132 e. The van der Waals surface area contributed by atoms with Gasteiger partial charge < -0.3 is 0 Å². The van der Waals surface area contributed by atoms with Crippen molar-refractivity contribution in [3.05, 3.63) is 5.92 Å². The highest BCUT2D eigenvalue weighted by molar-refractivity contribution is 5.79. The molecule has 1 nitrogen and oxygen atoms in total. The van der Waals surface area contributed by atoms with E-state index in [1.807, 2.05) is 0 Å². The first-order chi connectivity index (χ1) is 5.18. The fourth-order valence-electron chi connectivity index (χ4n) is 1.78. The minimum atomic E-state index is 0.468. The van der Waals surface area contributed by atoms with Gasteiger partial charge in [-0.25, -0.2) is 0 Å². The molecule has 63 valence electrons. The molecule has 0 aliphatic heterocycles. The summed E-state index contributed by atoms with van der Waals surface area (Å²) < 4.78 is 0. The second-order valence-electron chi connectivity index (χ2n) is 3.89. The molecule has 1 fully saturated rings. The van der Waals surface area contributed by atoms with E-state index >= 15 is 0 Å². The Morgan fingerprint density at radius 2 is 1.91 bits per heavy atom. The van der Waals surface area contributed by atoms with E-state index in [0.717, 1.165) is 31.6 Å². The first kappa shape index (κ1) is 8.76. The van der Waals surface area contributed by atoms with Crippen LogP contribution in [0.2, 0.25) is 0 Å². The average Bonchev–Trinajstić information content (AvgIpc) is 1.93. The van der Waals surface area contributed by atoms with Gasteiger partial charge in [0.2, 0.25) is 0 Å². The van der Waals surface area contributed by atoms with E-state index in [9.17, 15) is 4.79 Å². The molecule has 0 N–H and O–H groups in total. The molecule has 0 amide bonds. The van der Waals surface area contributed by atoms with Crippen molar-refractivity contribution in [2.75, 3.05) is 0 Å². The summed E-state index contributed by atoms with van der Waals surface area (Å²) in [6.07, 6.45) is 5.15. The van der Waals surface area contributed by atoms with Crippen molar-refractivity contribution in [2.24, 2.45) is 5.92 Å². The molecule has 0 heterocycles. The first-order valence-electron chi connectivity index (χ1n) is 4.49. The molecule has 1 saturated carbocycles. The van der Waals surface area contributed by atoms with Crippen LogP contribution in [0.4, 0.5) is 0 Å². The summed E-state index contributed by atoms with van der Waals surface area (Å²) in [5.41, 5.74) is 0.